The Balaban J connectivity index is 1.68. The lowest BCUT2D eigenvalue weighted by atomic mass is 9.90. The van der Waals surface area contributed by atoms with Crippen LogP contribution in [0.4, 0.5) is 0 Å². The first-order valence-corrected chi connectivity index (χ1v) is 8.56. The number of cyclic esters (lactones) is 1. The number of carbonyl (C=O) groups is 1. The fraction of sp³-hybridized carbons (Fsp3) is 0.632. The summed E-state index contributed by atoms with van der Waals surface area (Å²) in [5.74, 6) is 0.153. The summed E-state index contributed by atoms with van der Waals surface area (Å²) in [6, 6.07) is 10.1. The maximum atomic E-state index is 12.1. The third kappa shape index (κ3) is 5.18. The van der Waals surface area contributed by atoms with Crippen molar-refractivity contribution < 1.29 is 9.53 Å². The van der Waals surface area contributed by atoms with E-state index in [-0.39, 0.29) is 18.0 Å². The van der Waals surface area contributed by atoms with Crippen molar-refractivity contribution in [3.63, 3.8) is 0 Å². The summed E-state index contributed by atoms with van der Waals surface area (Å²) in [6.07, 6.45) is 10.6. The molecule has 0 radical (unpaired) electrons. The van der Waals surface area contributed by atoms with Crippen molar-refractivity contribution in [1.29, 1.82) is 0 Å². The average molecular weight is 288 g/mol. The number of esters is 1. The Kier molecular flexibility index (Phi) is 6.78. The minimum Gasteiger partial charge on any atom is -0.457 e. The molecular weight excluding hydrogens is 260 g/mol. The van der Waals surface area contributed by atoms with Crippen LogP contribution in [0.15, 0.2) is 30.3 Å². The van der Waals surface area contributed by atoms with Crippen LogP contribution >= 0.6 is 0 Å². The second kappa shape index (κ2) is 8.86. The van der Waals surface area contributed by atoms with Gasteiger partial charge in [0.2, 0.25) is 0 Å². The lowest BCUT2D eigenvalue weighted by Crippen LogP contribution is -2.26. The van der Waals surface area contributed by atoms with Gasteiger partial charge < -0.3 is 4.74 Å². The van der Waals surface area contributed by atoms with Gasteiger partial charge in [-0.25, -0.2) is 0 Å². The van der Waals surface area contributed by atoms with Gasteiger partial charge in [0.05, 0.1) is 5.92 Å². The number of unbranched alkanes of at least 4 members (excludes halogenated alkanes) is 5. The smallest absolute Gasteiger partial charge is 0.309 e. The Labute approximate surface area is 128 Å². The van der Waals surface area contributed by atoms with Crippen LogP contribution in [0.2, 0.25) is 0 Å². The zero-order valence-corrected chi connectivity index (χ0v) is 13.2. The van der Waals surface area contributed by atoms with Crippen molar-refractivity contribution in [3.05, 3.63) is 35.9 Å². The van der Waals surface area contributed by atoms with Gasteiger partial charge in [0.15, 0.2) is 0 Å². The van der Waals surface area contributed by atoms with Gasteiger partial charge in [0.25, 0.3) is 0 Å². The molecule has 0 spiro atoms. The van der Waals surface area contributed by atoms with Gasteiger partial charge >= 0.3 is 5.97 Å². The van der Waals surface area contributed by atoms with Gasteiger partial charge in [-0.15, -0.1) is 0 Å². The van der Waals surface area contributed by atoms with Crippen molar-refractivity contribution in [3.8, 4) is 0 Å². The van der Waals surface area contributed by atoms with Crippen LogP contribution < -0.4 is 0 Å². The van der Waals surface area contributed by atoms with Crippen molar-refractivity contribution in [2.75, 3.05) is 0 Å². The van der Waals surface area contributed by atoms with E-state index in [9.17, 15) is 4.79 Å². The molecule has 1 aliphatic heterocycles. The van der Waals surface area contributed by atoms with Crippen LogP contribution in [-0.2, 0) is 9.53 Å². The Morgan fingerprint density at radius 1 is 1.00 bits per heavy atom. The third-order valence-electron chi connectivity index (χ3n) is 4.45. The van der Waals surface area contributed by atoms with E-state index in [1.54, 1.807) is 0 Å². The van der Waals surface area contributed by atoms with Gasteiger partial charge in [-0.2, -0.15) is 0 Å². The molecule has 1 fully saturated rings. The molecule has 0 aromatic heterocycles. The van der Waals surface area contributed by atoms with Crippen molar-refractivity contribution in [2.24, 2.45) is 5.92 Å². The van der Waals surface area contributed by atoms with Gasteiger partial charge in [0, 0.05) is 0 Å². The summed E-state index contributed by atoms with van der Waals surface area (Å²) in [4.78, 5) is 12.1. The normalized spacial score (nSPS) is 22.0. The van der Waals surface area contributed by atoms with Crippen molar-refractivity contribution in [2.45, 2.75) is 70.8 Å². The molecule has 2 atom stereocenters. The molecule has 2 rings (SSSR count). The molecule has 2 unspecified atom stereocenters. The molecule has 116 valence electrons. The standard InChI is InChI=1S/C19H28O2/c1-2-3-4-5-6-8-13-17-14-15-18(21-19(17)20)16-11-9-7-10-12-16/h7,9-12,17-18H,2-6,8,13-15H2,1H3. The second-order valence-corrected chi connectivity index (χ2v) is 6.17. The average Bonchev–Trinajstić information content (AvgIpc) is 2.53. The Bertz CT molecular complexity index is 413. The lowest BCUT2D eigenvalue weighted by molar-refractivity contribution is -0.161. The minimum absolute atomic E-state index is 0.0173. The van der Waals surface area contributed by atoms with E-state index in [1.807, 2.05) is 30.3 Å². The van der Waals surface area contributed by atoms with Crippen LogP contribution in [0.5, 0.6) is 0 Å². The molecular formula is C19H28O2. The predicted octanol–water partition coefficient (Wildman–Crippen LogP) is 5.43. The fourth-order valence-corrected chi connectivity index (χ4v) is 3.10. The Morgan fingerprint density at radius 2 is 1.71 bits per heavy atom. The zero-order chi connectivity index (χ0) is 14.9. The molecule has 1 aliphatic rings. The highest BCUT2D eigenvalue weighted by Gasteiger charge is 2.30. The molecule has 0 amide bonds. The van der Waals surface area contributed by atoms with Crippen LogP contribution in [0.25, 0.3) is 0 Å². The van der Waals surface area contributed by atoms with Crippen LogP contribution in [0.1, 0.15) is 76.4 Å². The van der Waals surface area contributed by atoms with E-state index >= 15 is 0 Å². The maximum absolute atomic E-state index is 12.1. The zero-order valence-electron chi connectivity index (χ0n) is 13.2. The first kappa shape index (κ1) is 16.1. The number of hydrogen-bond acceptors (Lipinski definition) is 2. The highest BCUT2D eigenvalue weighted by molar-refractivity contribution is 5.73. The summed E-state index contributed by atoms with van der Waals surface area (Å²) in [5.41, 5.74) is 1.13. The SMILES string of the molecule is CCCCCCCCC1CCC(c2ccccc2)OC1=O. The molecule has 0 aliphatic carbocycles. The molecule has 1 aromatic carbocycles. The molecule has 2 nitrogen and oxygen atoms in total. The number of benzene rings is 1. The summed E-state index contributed by atoms with van der Waals surface area (Å²) < 4.78 is 5.64. The maximum Gasteiger partial charge on any atom is 0.309 e. The molecule has 1 aromatic rings. The summed E-state index contributed by atoms with van der Waals surface area (Å²) in [5, 5.41) is 0. The summed E-state index contributed by atoms with van der Waals surface area (Å²) >= 11 is 0. The van der Waals surface area contributed by atoms with Crippen molar-refractivity contribution >= 4 is 5.97 Å². The fourth-order valence-electron chi connectivity index (χ4n) is 3.10. The van der Waals surface area contributed by atoms with E-state index in [0.29, 0.717) is 0 Å². The molecule has 0 N–H and O–H groups in total. The molecule has 1 heterocycles. The number of carbonyl (C=O) groups excluding carboxylic acids is 1. The second-order valence-electron chi connectivity index (χ2n) is 6.17. The van der Waals surface area contributed by atoms with Crippen LogP contribution in [0.3, 0.4) is 0 Å². The molecule has 0 saturated carbocycles. The third-order valence-corrected chi connectivity index (χ3v) is 4.45. The first-order valence-electron chi connectivity index (χ1n) is 8.56. The highest BCUT2D eigenvalue weighted by Crippen LogP contribution is 2.33. The number of ether oxygens (including phenoxy) is 1. The van der Waals surface area contributed by atoms with Gasteiger partial charge in [0.1, 0.15) is 6.10 Å². The summed E-state index contributed by atoms with van der Waals surface area (Å²) in [7, 11) is 0. The molecule has 0 bridgehead atoms. The largest absolute Gasteiger partial charge is 0.457 e. The van der Waals surface area contributed by atoms with E-state index < -0.39 is 0 Å². The lowest BCUT2D eigenvalue weighted by Gasteiger charge is -2.28. The van der Waals surface area contributed by atoms with E-state index in [2.05, 4.69) is 6.92 Å². The highest BCUT2D eigenvalue weighted by atomic mass is 16.5. The number of rotatable bonds is 8. The van der Waals surface area contributed by atoms with Gasteiger partial charge in [-0.05, 0) is 24.8 Å². The summed E-state index contributed by atoms with van der Waals surface area (Å²) in [6.45, 7) is 2.24. The topological polar surface area (TPSA) is 26.3 Å². The first-order chi connectivity index (χ1) is 10.3. The molecule has 2 heteroatoms. The predicted molar refractivity (Wildman–Crippen MR) is 86.0 cm³/mol. The van der Waals surface area contributed by atoms with Crippen molar-refractivity contribution in [1.82, 2.24) is 0 Å². The minimum atomic E-state index is -0.0282. The number of hydrogen-bond donors (Lipinski definition) is 0. The Hall–Kier alpha value is -1.31. The molecule has 1 saturated heterocycles. The van der Waals surface area contributed by atoms with Gasteiger partial charge in [-0.1, -0.05) is 75.8 Å². The van der Waals surface area contributed by atoms with Crippen LogP contribution in [0, 0.1) is 5.92 Å². The van der Waals surface area contributed by atoms with E-state index in [0.717, 1.165) is 24.8 Å². The van der Waals surface area contributed by atoms with E-state index in [4.69, 9.17) is 4.74 Å². The van der Waals surface area contributed by atoms with E-state index in [1.165, 1.54) is 38.5 Å². The molecule has 21 heavy (non-hydrogen) atoms. The Morgan fingerprint density at radius 3 is 2.43 bits per heavy atom. The van der Waals surface area contributed by atoms with Crippen LogP contribution in [-0.4, -0.2) is 5.97 Å². The van der Waals surface area contributed by atoms with Gasteiger partial charge in [-0.3, -0.25) is 4.79 Å². The monoisotopic (exact) mass is 288 g/mol. The quantitative estimate of drug-likeness (QED) is 0.471.